The van der Waals surface area contributed by atoms with Crippen LogP contribution in [-0.2, 0) is 23.2 Å². The van der Waals surface area contributed by atoms with Crippen LogP contribution in [0.2, 0.25) is 0 Å². The van der Waals surface area contributed by atoms with E-state index in [-0.39, 0.29) is 29.9 Å². The number of nitrogens with one attached hydrogen (secondary N) is 1. The highest BCUT2D eigenvalue weighted by Crippen LogP contribution is 2.61. The lowest BCUT2D eigenvalue weighted by molar-refractivity contribution is -0.114. The van der Waals surface area contributed by atoms with Gasteiger partial charge in [0.15, 0.2) is 10.8 Å². The molecule has 0 aliphatic rings. The van der Waals surface area contributed by atoms with E-state index in [4.69, 9.17) is 32.2 Å². The molecular weight excluding hydrogens is 374 g/mol. The molecule has 0 fully saturated rings. The second-order valence-electron chi connectivity index (χ2n) is 3.84. The van der Waals surface area contributed by atoms with E-state index in [1.54, 1.807) is 13.8 Å². The predicted octanol–water partition coefficient (Wildman–Crippen LogP) is 3.39. The number of aromatic nitrogens is 1. The van der Waals surface area contributed by atoms with Gasteiger partial charge in [0.05, 0.1) is 18.9 Å². The Morgan fingerprint density at radius 1 is 1.41 bits per heavy atom. The van der Waals surface area contributed by atoms with Gasteiger partial charge in [0.25, 0.3) is 0 Å². The van der Waals surface area contributed by atoms with Gasteiger partial charge < -0.3 is 14.4 Å². The maximum atomic E-state index is 12.7. The topological polar surface area (TPSA) is 94.6 Å². The van der Waals surface area contributed by atoms with E-state index in [1.165, 1.54) is 5.38 Å². The average molecular weight is 389 g/mol. The fourth-order valence-corrected chi connectivity index (χ4v) is 4.76. The van der Waals surface area contributed by atoms with Crippen molar-refractivity contribution in [1.82, 2.24) is 4.98 Å². The minimum Gasteiger partial charge on any atom is -0.308 e. The zero-order valence-electron chi connectivity index (χ0n) is 11.9. The number of anilines is 1. The lowest BCUT2D eigenvalue weighted by atomic mass is 10.4. The van der Waals surface area contributed by atoms with Crippen molar-refractivity contribution >= 4 is 58.4 Å². The summed E-state index contributed by atoms with van der Waals surface area (Å²) >= 11 is 12.0. The molecule has 1 heterocycles. The van der Waals surface area contributed by atoms with Gasteiger partial charge in [-0.25, -0.2) is 4.98 Å². The standard InChI is InChI=1S/C11H15Cl2N2O5PS/c1-3-19-21(18,20-4-2)9(10(13)17)7-6-22-11(14-7)15-8(16)5-12/h6,9H,3-5H2,1-2H3,(H,14,15,16). The Labute approximate surface area is 141 Å². The Bertz CT molecular complexity index is 573. The molecule has 7 nitrogen and oxygen atoms in total. The number of nitrogens with zero attached hydrogens (tertiary/aromatic N) is 1. The van der Waals surface area contributed by atoms with Crippen LogP contribution in [0, 0.1) is 0 Å². The first-order valence-corrected chi connectivity index (χ1v) is 9.67. The maximum absolute atomic E-state index is 12.7. The molecule has 1 atom stereocenters. The summed E-state index contributed by atoms with van der Waals surface area (Å²) in [6, 6.07) is 0. The van der Waals surface area contributed by atoms with Crippen molar-refractivity contribution in [1.29, 1.82) is 0 Å². The fourth-order valence-electron chi connectivity index (χ4n) is 1.57. The lowest BCUT2D eigenvalue weighted by Crippen LogP contribution is -2.14. The number of carbonyl (C=O) groups is 2. The highest BCUT2D eigenvalue weighted by Gasteiger charge is 2.43. The van der Waals surface area contributed by atoms with Gasteiger partial charge in [-0.15, -0.1) is 22.9 Å². The van der Waals surface area contributed by atoms with Crippen LogP contribution in [0.25, 0.3) is 0 Å². The van der Waals surface area contributed by atoms with Crippen molar-refractivity contribution in [3.8, 4) is 0 Å². The zero-order valence-corrected chi connectivity index (χ0v) is 15.1. The zero-order chi connectivity index (χ0) is 16.8. The largest absolute Gasteiger partial charge is 0.348 e. The van der Waals surface area contributed by atoms with Gasteiger partial charge in [-0.05, 0) is 25.4 Å². The van der Waals surface area contributed by atoms with E-state index >= 15 is 0 Å². The molecule has 1 rings (SSSR count). The summed E-state index contributed by atoms with van der Waals surface area (Å²) < 4.78 is 23.0. The number of thiazole rings is 1. The van der Waals surface area contributed by atoms with Crippen molar-refractivity contribution in [3.05, 3.63) is 11.1 Å². The van der Waals surface area contributed by atoms with Gasteiger partial charge in [-0.3, -0.25) is 14.2 Å². The first kappa shape index (κ1) is 19.5. The normalized spacial score (nSPS) is 12.9. The van der Waals surface area contributed by atoms with Crippen molar-refractivity contribution in [3.63, 3.8) is 0 Å². The summed E-state index contributed by atoms with van der Waals surface area (Å²) in [7, 11) is -3.81. The van der Waals surface area contributed by atoms with Crippen LogP contribution >= 0.6 is 42.1 Å². The van der Waals surface area contributed by atoms with E-state index in [1.807, 2.05) is 0 Å². The Morgan fingerprint density at radius 2 is 2.00 bits per heavy atom. The van der Waals surface area contributed by atoms with Crippen LogP contribution in [0.15, 0.2) is 5.38 Å². The highest BCUT2D eigenvalue weighted by molar-refractivity contribution is 7.55. The second kappa shape index (κ2) is 8.96. The second-order valence-corrected chi connectivity index (χ2v) is 7.45. The Hall–Kier alpha value is -0.500. The molecule has 0 spiro atoms. The molecule has 0 radical (unpaired) electrons. The Balaban J connectivity index is 3.12. The van der Waals surface area contributed by atoms with Gasteiger partial charge in [0.1, 0.15) is 5.88 Å². The molecule has 1 N–H and O–H groups in total. The molecule has 0 aliphatic carbocycles. The minimum absolute atomic E-state index is 0.0813. The Morgan fingerprint density at radius 3 is 2.45 bits per heavy atom. The van der Waals surface area contributed by atoms with Crippen molar-refractivity contribution < 1.29 is 23.2 Å². The number of amides is 1. The van der Waals surface area contributed by atoms with Crippen LogP contribution in [0.5, 0.6) is 0 Å². The molecule has 11 heteroatoms. The van der Waals surface area contributed by atoms with E-state index < -0.39 is 24.4 Å². The molecule has 0 aliphatic heterocycles. The van der Waals surface area contributed by atoms with Crippen LogP contribution in [0.3, 0.4) is 0 Å². The summed E-state index contributed by atoms with van der Waals surface area (Å²) in [6.07, 6.45) is 0. The molecular formula is C11H15Cl2N2O5PS. The molecule has 0 saturated carbocycles. The maximum Gasteiger partial charge on any atom is 0.348 e. The van der Waals surface area contributed by atoms with Crippen LogP contribution < -0.4 is 5.32 Å². The van der Waals surface area contributed by atoms with Crippen LogP contribution in [-0.4, -0.2) is 35.2 Å². The summed E-state index contributed by atoms with van der Waals surface area (Å²) in [5.41, 5.74) is -1.24. The SMILES string of the molecule is CCOP(=O)(OCC)C(C(=O)Cl)c1csc(NC(=O)CCl)n1. The predicted molar refractivity (Wildman–Crippen MR) is 85.9 cm³/mol. The third-order valence-electron chi connectivity index (χ3n) is 2.32. The molecule has 0 aromatic carbocycles. The van der Waals surface area contributed by atoms with E-state index in [9.17, 15) is 14.2 Å². The van der Waals surface area contributed by atoms with Gasteiger partial charge in [0.2, 0.25) is 11.1 Å². The fraction of sp³-hybridized carbons (Fsp3) is 0.545. The summed E-state index contributed by atoms with van der Waals surface area (Å²) in [4.78, 5) is 27.0. The quantitative estimate of drug-likeness (QED) is 0.395. The van der Waals surface area contributed by atoms with E-state index in [0.717, 1.165) is 11.3 Å². The third-order valence-corrected chi connectivity index (χ3v) is 6.08. The summed E-state index contributed by atoms with van der Waals surface area (Å²) in [5.74, 6) is -0.683. The monoisotopic (exact) mass is 388 g/mol. The first-order valence-electron chi connectivity index (χ1n) is 6.27. The molecule has 0 bridgehead atoms. The van der Waals surface area contributed by atoms with Gasteiger partial charge in [0, 0.05) is 5.38 Å². The number of hydrogen-bond donors (Lipinski definition) is 1. The number of rotatable bonds is 9. The van der Waals surface area contributed by atoms with E-state index in [0.29, 0.717) is 0 Å². The number of carbonyl (C=O) groups excluding carboxylic acids is 2. The Kier molecular flexibility index (Phi) is 7.96. The molecule has 1 aromatic rings. The molecule has 1 amide bonds. The van der Waals surface area contributed by atoms with Crippen molar-refractivity contribution in [2.24, 2.45) is 0 Å². The molecule has 1 unspecified atom stereocenters. The summed E-state index contributed by atoms with van der Waals surface area (Å²) in [6.45, 7) is 3.40. The highest BCUT2D eigenvalue weighted by atomic mass is 35.5. The number of hydrogen-bond acceptors (Lipinski definition) is 7. The third kappa shape index (κ3) is 5.01. The summed E-state index contributed by atoms with van der Waals surface area (Å²) in [5, 5.41) is 3.19. The molecule has 22 heavy (non-hydrogen) atoms. The smallest absolute Gasteiger partial charge is 0.308 e. The number of alkyl halides is 1. The van der Waals surface area contributed by atoms with Gasteiger partial charge in [-0.2, -0.15) is 0 Å². The first-order chi connectivity index (χ1) is 10.4. The van der Waals surface area contributed by atoms with Gasteiger partial charge in [-0.1, -0.05) is 0 Å². The average Bonchev–Trinajstić information content (AvgIpc) is 2.86. The van der Waals surface area contributed by atoms with E-state index in [2.05, 4.69) is 10.3 Å². The van der Waals surface area contributed by atoms with Crippen LogP contribution in [0.4, 0.5) is 5.13 Å². The molecule has 0 saturated heterocycles. The molecule has 124 valence electrons. The number of halogens is 2. The molecule has 1 aromatic heterocycles. The van der Waals surface area contributed by atoms with Crippen molar-refractivity contribution in [2.75, 3.05) is 24.4 Å². The lowest BCUT2D eigenvalue weighted by Gasteiger charge is -2.22. The minimum atomic E-state index is -3.81. The van der Waals surface area contributed by atoms with Crippen LogP contribution in [0.1, 0.15) is 25.2 Å². The van der Waals surface area contributed by atoms with Gasteiger partial charge >= 0.3 is 7.60 Å². The van der Waals surface area contributed by atoms with Crippen molar-refractivity contribution in [2.45, 2.75) is 19.5 Å².